The monoisotopic (exact) mass is 284 g/mol. The van der Waals surface area contributed by atoms with Gasteiger partial charge in [-0.05, 0) is 31.2 Å². The summed E-state index contributed by atoms with van der Waals surface area (Å²) in [6.07, 6.45) is 0. The summed E-state index contributed by atoms with van der Waals surface area (Å²) < 4.78 is 4.73. The van der Waals surface area contributed by atoms with Crippen molar-refractivity contribution >= 4 is 35.0 Å². The number of esters is 1. The van der Waals surface area contributed by atoms with E-state index >= 15 is 0 Å². The van der Waals surface area contributed by atoms with Crippen molar-refractivity contribution in [1.82, 2.24) is 5.01 Å². The van der Waals surface area contributed by atoms with Crippen molar-refractivity contribution in [2.75, 3.05) is 18.4 Å². The van der Waals surface area contributed by atoms with Gasteiger partial charge in [-0.1, -0.05) is 23.4 Å². The predicted molar refractivity (Wildman–Crippen MR) is 74.1 cm³/mol. The fourth-order valence-corrected chi connectivity index (χ4v) is 2.71. The highest BCUT2D eigenvalue weighted by Crippen LogP contribution is 2.32. The average molecular weight is 285 g/mol. The lowest BCUT2D eigenvalue weighted by atomic mass is 10.3. The maximum Gasteiger partial charge on any atom is 0.346 e. The van der Waals surface area contributed by atoms with Crippen LogP contribution in [0.5, 0.6) is 0 Å². The number of rotatable bonds is 3. The molecule has 4 nitrogen and oxygen atoms in total. The van der Waals surface area contributed by atoms with Crippen molar-refractivity contribution in [3.8, 4) is 0 Å². The Morgan fingerprint density at radius 2 is 2.11 bits per heavy atom. The topological polar surface area (TPSA) is 41.6 Å². The molecule has 0 fully saturated rings. The number of methoxy groups -OCH3 is 1. The third kappa shape index (κ3) is 2.73. The molecule has 1 aliphatic rings. The van der Waals surface area contributed by atoms with E-state index in [-0.39, 0.29) is 5.97 Å². The SMILES string of the molecule is COC(=O)C1=C(C)N(Nc2ccc(Cl)cc2)CS1. The lowest BCUT2D eigenvalue weighted by molar-refractivity contribution is -0.135. The number of hydrogen-bond donors (Lipinski definition) is 1. The Morgan fingerprint density at radius 3 is 2.72 bits per heavy atom. The van der Waals surface area contributed by atoms with E-state index in [0.29, 0.717) is 15.8 Å². The number of ether oxygens (including phenoxy) is 1. The Labute approximate surface area is 115 Å². The van der Waals surface area contributed by atoms with Crippen LogP contribution < -0.4 is 5.43 Å². The van der Waals surface area contributed by atoms with Gasteiger partial charge in [0.2, 0.25) is 0 Å². The quantitative estimate of drug-likeness (QED) is 0.864. The highest BCUT2D eigenvalue weighted by molar-refractivity contribution is 8.04. The van der Waals surface area contributed by atoms with E-state index in [1.54, 1.807) is 0 Å². The summed E-state index contributed by atoms with van der Waals surface area (Å²) in [5, 5.41) is 2.60. The molecular weight excluding hydrogens is 272 g/mol. The first-order valence-corrected chi connectivity index (χ1v) is 6.70. The molecule has 2 rings (SSSR count). The summed E-state index contributed by atoms with van der Waals surface area (Å²) in [7, 11) is 1.39. The molecule has 1 heterocycles. The smallest absolute Gasteiger partial charge is 0.346 e. The number of hydrazine groups is 1. The van der Waals surface area contributed by atoms with Gasteiger partial charge in [-0.25, -0.2) is 4.79 Å². The molecule has 1 aromatic rings. The molecule has 1 aromatic carbocycles. The van der Waals surface area contributed by atoms with Gasteiger partial charge >= 0.3 is 5.97 Å². The van der Waals surface area contributed by atoms with Gasteiger partial charge in [0.1, 0.15) is 4.91 Å². The fraction of sp³-hybridized carbons (Fsp3) is 0.250. The van der Waals surface area contributed by atoms with Crippen molar-refractivity contribution in [3.63, 3.8) is 0 Å². The van der Waals surface area contributed by atoms with E-state index in [2.05, 4.69) is 5.43 Å². The minimum Gasteiger partial charge on any atom is -0.465 e. The van der Waals surface area contributed by atoms with Crippen molar-refractivity contribution in [3.05, 3.63) is 39.9 Å². The number of anilines is 1. The number of carbonyl (C=O) groups is 1. The number of carbonyl (C=O) groups excluding carboxylic acids is 1. The third-order valence-electron chi connectivity index (χ3n) is 2.55. The number of hydrogen-bond acceptors (Lipinski definition) is 5. The summed E-state index contributed by atoms with van der Waals surface area (Å²) in [6.45, 7) is 1.88. The summed E-state index contributed by atoms with van der Waals surface area (Å²) in [5.41, 5.74) is 5.00. The van der Waals surface area contributed by atoms with Gasteiger partial charge in [0.15, 0.2) is 0 Å². The fourth-order valence-electron chi connectivity index (χ4n) is 1.55. The van der Waals surface area contributed by atoms with Crippen LogP contribution in [0.2, 0.25) is 5.02 Å². The molecule has 1 N–H and O–H groups in total. The first-order valence-electron chi connectivity index (χ1n) is 5.33. The van der Waals surface area contributed by atoms with E-state index in [1.165, 1.54) is 18.9 Å². The van der Waals surface area contributed by atoms with Gasteiger partial charge in [-0.3, -0.25) is 10.4 Å². The Hall–Kier alpha value is -1.33. The van der Waals surface area contributed by atoms with Crippen molar-refractivity contribution in [1.29, 1.82) is 0 Å². The van der Waals surface area contributed by atoms with Crippen LogP contribution in [-0.4, -0.2) is 24.0 Å². The molecule has 6 heteroatoms. The number of halogens is 1. The van der Waals surface area contributed by atoms with Gasteiger partial charge in [-0.2, -0.15) is 0 Å². The van der Waals surface area contributed by atoms with E-state index < -0.39 is 0 Å². The van der Waals surface area contributed by atoms with Gasteiger partial charge in [0, 0.05) is 5.02 Å². The molecular formula is C12H13ClN2O2S. The predicted octanol–water partition coefficient (Wildman–Crippen LogP) is 3.08. The molecule has 1 aliphatic heterocycles. The van der Waals surface area contributed by atoms with E-state index in [0.717, 1.165) is 11.4 Å². The molecule has 0 saturated heterocycles. The maximum absolute atomic E-state index is 11.5. The zero-order valence-corrected chi connectivity index (χ0v) is 11.6. The highest BCUT2D eigenvalue weighted by atomic mass is 35.5. The van der Waals surface area contributed by atoms with Crippen molar-refractivity contribution in [2.45, 2.75) is 6.92 Å². The third-order valence-corrected chi connectivity index (χ3v) is 3.94. The lowest BCUT2D eigenvalue weighted by Crippen LogP contribution is -2.25. The summed E-state index contributed by atoms with van der Waals surface area (Å²) in [5.74, 6) is 0.372. The highest BCUT2D eigenvalue weighted by Gasteiger charge is 2.25. The summed E-state index contributed by atoms with van der Waals surface area (Å²) in [6, 6.07) is 7.40. The number of benzene rings is 1. The summed E-state index contributed by atoms with van der Waals surface area (Å²) in [4.78, 5) is 12.1. The standard InChI is InChI=1S/C12H13ClN2O2S/c1-8-11(12(16)17-2)18-7-15(8)14-10-5-3-9(13)4-6-10/h3-6,14H,7H2,1-2H3. The lowest BCUT2D eigenvalue weighted by Gasteiger charge is -2.21. The molecule has 0 radical (unpaired) electrons. The molecule has 0 bridgehead atoms. The van der Waals surface area contributed by atoms with Crippen LogP contribution >= 0.6 is 23.4 Å². The molecule has 0 unspecified atom stereocenters. The molecule has 0 aliphatic carbocycles. The molecule has 0 saturated carbocycles. The van der Waals surface area contributed by atoms with Gasteiger partial charge in [-0.15, -0.1) is 0 Å². The largest absolute Gasteiger partial charge is 0.465 e. The molecule has 96 valence electrons. The molecule has 0 spiro atoms. The Kier molecular flexibility index (Phi) is 4.04. The van der Waals surface area contributed by atoms with Gasteiger partial charge < -0.3 is 4.74 Å². The second-order valence-electron chi connectivity index (χ2n) is 3.73. The van der Waals surface area contributed by atoms with Crippen LogP contribution in [-0.2, 0) is 9.53 Å². The van der Waals surface area contributed by atoms with Gasteiger partial charge in [0.25, 0.3) is 0 Å². The number of thioether (sulfide) groups is 1. The molecule has 18 heavy (non-hydrogen) atoms. The molecule has 0 amide bonds. The van der Waals surface area contributed by atoms with Crippen LogP contribution in [0.4, 0.5) is 5.69 Å². The Balaban J connectivity index is 2.10. The first-order chi connectivity index (χ1) is 8.61. The Bertz CT molecular complexity index is 487. The average Bonchev–Trinajstić information content (AvgIpc) is 2.73. The zero-order chi connectivity index (χ0) is 13.1. The van der Waals surface area contributed by atoms with Crippen LogP contribution in [0, 0.1) is 0 Å². The number of nitrogens with one attached hydrogen (secondary N) is 1. The minimum atomic E-state index is -0.294. The molecule has 0 atom stereocenters. The minimum absolute atomic E-state index is 0.294. The van der Waals surface area contributed by atoms with E-state index in [4.69, 9.17) is 16.3 Å². The second-order valence-corrected chi connectivity index (χ2v) is 5.12. The number of nitrogens with zero attached hydrogens (tertiary/aromatic N) is 1. The number of allylic oxidation sites excluding steroid dienone is 1. The maximum atomic E-state index is 11.5. The van der Waals surface area contributed by atoms with E-state index in [9.17, 15) is 4.79 Å². The van der Waals surface area contributed by atoms with Crippen molar-refractivity contribution in [2.24, 2.45) is 0 Å². The van der Waals surface area contributed by atoms with Crippen LogP contribution in [0.3, 0.4) is 0 Å². The molecule has 0 aromatic heterocycles. The van der Waals surface area contributed by atoms with Crippen molar-refractivity contribution < 1.29 is 9.53 Å². The second kappa shape index (κ2) is 5.54. The van der Waals surface area contributed by atoms with Crippen LogP contribution in [0.25, 0.3) is 0 Å². The Morgan fingerprint density at radius 1 is 1.44 bits per heavy atom. The normalized spacial score (nSPS) is 14.9. The van der Waals surface area contributed by atoms with Gasteiger partial charge in [0.05, 0.1) is 24.4 Å². The summed E-state index contributed by atoms with van der Waals surface area (Å²) >= 11 is 7.28. The zero-order valence-electron chi connectivity index (χ0n) is 10.1. The van der Waals surface area contributed by atoms with Crippen LogP contribution in [0.15, 0.2) is 34.9 Å². The van der Waals surface area contributed by atoms with E-state index in [1.807, 2.05) is 36.2 Å². The first kappa shape index (κ1) is 13.1. The van der Waals surface area contributed by atoms with Crippen LogP contribution in [0.1, 0.15) is 6.92 Å².